The van der Waals surface area contributed by atoms with Gasteiger partial charge in [0, 0.05) is 31.4 Å². The van der Waals surface area contributed by atoms with Crippen molar-refractivity contribution in [3.8, 4) is 0 Å². The van der Waals surface area contributed by atoms with E-state index < -0.39 is 17.6 Å². The zero-order valence-corrected chi connectivity index (χ0v) is 17.5. The number of amides is 1. The van der Waals surface area contributed by atoms with Crippen molar-refractivity contribution in [1.82, 2.24) is 20.3 Å². The van der Waals surface area contributed by atoms with Gasteiger partial charge >= 0.3 is 6.18 Å². The molecule has 1 aliphatic rings. The molecule has 2 heterocycles. The van der Waals surface area contributed by atoms with Gasteiger partial charge < -0.3 is 15.5 Å². The molecular formula is C22H21F3N6O. The van der Waals surface area contributed by atoms with Crippen LogP contribution in [0.1, 0.15) is 32.9 Å². The second kappa shape index (κ2) is 8.45. The van der Waals surface area contributed by atoms with Crippen LogP contribution in [-0.2, 0) is 19.1 Å². The first-order valence-corrected chi connectivity index (χ1v) is 10.0. The Labute approximate surface area is 182 Å². The van der Waals surface area contributed by atoms with Crippen molar-refractivity contribution in [2.45, 2.75) is 26.1 Å². The Morgan fingerprint density at radius 1 is 1.12 bits per heavy atom. The number of carbonyl (C=O) groups is 1. The van der Waals surface area contributed by atoms with E-state index in [0.717, 1.165) is 17.3 Å². The minimum Gasteiger partial charge on any atom is -0.357 e. The van der Waals surface area contributed by atoms with Crippen LogP contribution in [0.3, 0.4) is 0 Å². The average Bonchev–Trinajstić information content (AvgIpc) is 3.20. The first-order chi connectivity index (χ1) is 15.3. The van der Waals surface area contributed by atoms with Gasteiger partial charge in [0.1, 0.15) is 5.82 Å². The lowest BCUT2D eigenvalue weighted by Crippen LogP contribution is -2.24. The molecule has 0 atom stereocenters. The maximum absolute atomic E-state index is 13.2. The van der Waals surface area contributed by atoms with Crippen molar-refractivity contribution in [3.05, 3.63) is 70.5 Å². The van der Waals surface area contributed by atoms with Gasteiger partial charge in [0.05, 0.1) is 5.56 Å². The molecule has 0 aliphatic carbocycles. The summed E-state index contributed by atoms with van der Waals surface area (Å²) in [7, 11) is 1.73. The highest BCUT2D eigenvalue weighted by molar-refractivity contribution is 5.95. The van der Waals surface area contributed by atoms with Gasteiger partial charge in [-0.1, -0.05) is 18.2 Å². The summed E-state index contributed by atoms with van der Waals surface area (Å²) in [4.78, 5) is 27.6. The van der Waals surface area contributed by atoms with E-state index in [1.54, 1.807) is 32.2 Å². The van der Waals surface area contributed by atoms with E-state index in [0.29, 0.717) is 36.3 Å². The van der Waals surface area contributed by atoms with E-state index in [1.165, 1.54) is 18.2 Å². The lowest BCUT2D eigenvalue weighted by molar-refractivity contribution is -0.138. The Morgan fingerprint density at radius 3 is 2.66 bits per heavy atom. The molecule has 32 heavy (non-hydrogen) atoms. The van der Waals surface area contributed by atoms with Crippen molar-refractivity contribution in [3.63, 3.8) is 0 Å². The van der Waals surface area contributed by atoms with E-state index in [4.69, 9.17) is 0 Å². The molecule has 3 aromatic rings. The van der Waals surface area contributed by atoms with E-state index in [1.807, 2.05) is 4.90 Å². The molecule has 166 valence electrons. The third-order valence-corrected chi connectivity index (χ3v) is 5.20. The minimum absolute atomic E-state index is 0.0197. The van der Waals surface area contributed by atoms with Crippen LogP contribution in [0.2, 0.25) is 0 Å². The molecule has 1 aliphatic heterocycles. The zero-order chi connectivity index (χ0) is 22.9. The molecule has 0 saturated heterocycles. The number of nitrogens with zero attached hydrogens (tertiary/aromatic N) is 4. The van der Waals surface area contributed by atoms with Gasteiger partial charge in [0.25, 0.3) is 5.91 Å². The van der Waals surface area contributed by atoms with E-state index >= 15 is 0 Å². The molecule has 2 aromatic carbocycles. The summed E-state index contributed by atoms with van der Waals surface area (Å²) in [6, 6.07) is 10.4. The molecule has 7 nitrogen and oxygen atoms in total. The van der Waals surface area contributed by atoms with Gasteiger partial charge in [-0.15, -0.1) is 0 Å². The molecule has 0 bridgehead atoms. The molecule has 0 unspecified atom stereocenters. The maximum atomic E-state index is 13.2. The Hall–Kier alpha value is -3.69. The molecule has 2 N–H and O–H groups in total. The monoisotopic (exact) mass is 442 g/mol. The number of aromatic nitrogens is 3. The van der Waals surface area contributed by atoms with Gasteiger partial charge in [-0.25, -0.2) is 0 Å². The summed E-state index contributed by atoms with van der Waals surface area (Å²) in [5.74, 6) is 1.14. The highest BCUT2D eigenvalue weighted by atomic mass is 19.4. The third kappa shape index (κ3) is 4.34. The SMILES string of the molecule is CNc1nc(C)nc(N2CCc3cc(C(=O)NCc4ccccc4C(F)(F)F)ccc32)n1. The smallest absolute Gasteiger partial charge is 0.357 e. The number of halogens is 3. The Kier molecular flexibility index (Phi) is 5.68. The summed E-state index contributed by atoms with van der Waals surface area (Å²) in [6.07, 6.45) is -3.79. The van der Waals surface area contributed by atoms with Gasteiger partial charge in [0.15, 0.2) is 0 Å². The van der Waals surface area contributed by atoms with Crippen LogP contribution >= 0.6 is 0 Å². The van der Waals surface area contributed by atoms with E-state index in [9.17, 15) is 18.0 Å². The van der Waals surface area contributed by atoms with Crippen LogP contribution in [0.15, 0.2) is 42.5 Å². The number of rotatable bonds is 5. The number of benzene rings is 2. The molecule has 1 aromatic heterocycles. The van der Waals surface area contributed by atoms with Crippen LogP contribution in [0.25, 0.3) is 0 Å². The second-order valence-electron chi connectivity index (χ2n) is 7.34. The van der Waals surface area contributed by atoms with Crippen LogP contribution in [0, 0.1) is 6.92 Å². The number of hydrogen-bond donors (Lipinski definition) is 2. The first-order valence-electron chi connectivity index (χ1n) is 10.0. The number of fused-ring (bicyclic) bond motifs is 1. The van der Waals surface area contributed by atoms with E-state index in [2.05, 4.69) is 25.6 Å². The standard InChI is InChI=1S/C22H21F3N6O/c1-13-28-20(26-2)30-21(29-13)31-10-9-14-11-15(7-8-18(14)31)19(32)27-12-16-5-3-4-6-17(16)22(23,24)25/h3-8,11H,9-10,12H2,1-2H3,(H,27,32)(H,26,28,29,30). The predicted octanol–water partition coefficient (Wildman–Crippen LogP) is 3.86. The molecule has 0 saturated carbocycles. The highest BCUT2D eigenvalue weighted by Gasteiger charge is 2.33. The minimum atomic E-state index is -4.47. The second-order valence-corrected chi connectivity index (χ2v) is 7.34. The number of hydrogen-bond acceptors (Lipinski definition) is 6. The molecule has 0 spiro atoms. The molecule has 4 rings (SSSR count). The molecule has 0 fully saturated rings. The predicted molar refractivity (Wildman–Crippen MR) is 114 cm³/mol. The highest BCUT2D eigenvalue weighted by Crippen LogP contribution is 2.34. The van der Waals surface area contributed by atoms with Crippen molar-refractivity contribution in [2.24, 2.45) is 0 Å². The van der Waals surface area contributed by atoms with Crippen molar-refractivity contribution >= 4 is 23.5 Å². The summed E-state index contributed by atoms with van der Waals surface area (Å²) < 4.78 is 39.5. The van der Waals surface area contributed by atoms with Crippen molar-refractivity contribution in [2.75, 3.05) is 23.8 Å². The fraction of sp³-hybridized carbons (Fsp3) is 0.273. The molecular weight excluding hydrogens is 421 g/mol. The number of alkyl halides is 3. The average molecular weight is 442 g/mol. The van der Waals surface area contributed by atoms with Crippen LogP contribution in [0.5, 0.6) is 0 Å². The largest absolute Gasteiger partial charge is 0.416 e. The number of carbonyl (C=O) groups excluding carboxylic acids is 1. The van der Waals surface area contributed by atoms with Gasteiger partial charge in [-0.3, -0.25) is 4.79 Å². The lowest BCUT2D eigenvalue weighted by atomic mass is 10.1. The number of nitrogens with one attached hydrogen (secondary N) is 2. The summed E-state index contributed by atoms with van der Waals surface area (Å²) >= 11 is 0. The molecule has 10 heteroatoms. The number of aryl methyl sites for hydroxylation is 1. The van der Waals surface area contributed by atoms with Crippen molar-refractivity contribution < 1.29 is 18.0 Å². The summed E-state index contributed by atoms with van der Waals surface area (Å²) in [5, 5.41) is 5.50. The first kappa shape index (κ1) is 21.5. The molecule has 0 radical (unpaired) electrons. The third-order valence-electron chi connectivity index (χ3n) is 5.20. The Bertz CT molecular complexity index is 1160. The van der Waals surface area contributed by atoms with E-state index in [-0.39, 0.29) is 12.1 Å². The number of anilines is 3. The van der Waals surface area contributed by atoms with Gasteiger partial charge in [0.2, 0.25) is 11.9 Å². The summed E-state index contributed by atoms with van der Waals surface area (Å²) in [5.41, 5.74) is 1.48. The lowest BCUT2D eigenvalue weighted by Gasteiger charge is -2.18. The van der Waals surface area contributed by atoms with Crippen molar-refractivity contribution in [1.29, 1.82) is 0 Å². The van der Waals surface area contributed by atoms with Gasteiger partial charge in [-0.2, -0.15) is 28.1 Å². The maximum Gasteiger partial charge on any atom is 0.416 e. The Balaban J connectivity index is 1.51. The topological polar surface area (TPSA) is 83.0 Å². The van der Waals surface area contributed by atoms with Crippen LogP contribution < -0.4 is 15.5 Å². The fourth-order valence-electron chi connectivity index (χ4n) is 3.68. The van der Waals surface area contributed by atoms with Crippen LogP contribution in [-0.4, -0.2) is 34.5 Å². The Morgan fingerprint density at radius 2 is 1.91 bits per heavy atom. The normalized spacial score (nSPS) is 13.1. The zero-order valence-electron chi connectivity index (χ0n) is 17.5. The van der Waals surface area contributed by atoms with Crippen LogP contribution in [0.4, 0.5) is 30.8 Å². The molecule has 1 amide bonds. The quantitative estimate of drug-likeness (QED) is 0.624. The summed E-state index contributed by atoms with van der Waals surface area (Å²) in [6.45, 7) is 2.22. The fourth-order valence-corrected chi connectivity index (χ4v) is 3.68. The van der Waals surface area contributed by atoms with Gasteiger partial charge in [-0.05, 0) is 48.7 Å².